The third kappa shape index (κ3) is 9.01. The highest BCUT2D eigenvalue weighted by molar-refractivity contribution is 5.97. The monoisotopic (exact) mass is 759 g/mol. The number of likely N-dealkylation sites (N-methyl/N-ethyl adjacent to an activating group) is 1. The van der Waals surface area contributed by atoms with Crippen LogP contribution in [0.1, 0.15) is 70.1 Å². The van der Waals surface area contributed by atoms with Gasteiger partial charge in [0.15, 0.2) is 5.65 Å². The maximum atomic E-state index is 13.6. The van der Waals surface area contributed by atoms with E-state index in [-0.39, 0.29) is 42.3 Å². The average Bonchev–Trinajstić information content (AvgIpc) is 3.66. The van der Waals surface area contributed by atoms with Crippen LogP contribution in [0.15, 0.2) is 66.9 Å². The third-order valence-electron chi connectivity index (χ3n) is 10.8. The van der Waals surface area contributed by atoms with Crippen molar-refractivity contribution in [3.63, 3.8) is 0 Å². The van der Waals surface area contributed by atoms with Crippen molar-refractivity contribution >= 4 is 28.5 Å². The second-order valence-corrected chi connectivity index (χ2v) is 14.6. The van der Waals surface area contributed by atoms with Gasteiger partial charge in [-0.3, -0.25) is 14.5 Å². The van der Waals surface area contributed by atoms with Gasteiger partial charge in [-0.2, -0.15) is 5.10 Å². The minimum Gasteiger partial charge on any atom is -0.496 e. The molecule has 2 amide bonds. The van der Waals surface area contributed by atoms with Crippen LogP contribution >= 0.6 is 0 Å². The molecule has 2 aliphatic heterocycles. The van der Waals surface area contributed by atoms with E-state index in [9.17, 15) is 9.59 Å². The first kappa shape index (κ1) is 38.9. The molecule has 0 aliphatic carbocycles. The number of methoxy groups -OCH3 is 1. The van der Waals surface area contributed by atoms with E-state index in [2.05, 4.69) is 80.1 Å². The maximum absolute atomic E-state index is 13.6. The number of pyridine rings is 2. The van der Waals surface area contributed by atoms with Gasteiger partial charge in [-0.1, -0.05) is 37.3 Å². The Morgan fingerprint density at radius 3 is 2.32 bits per heavy atom. The standard InChI is InChI=1S/C43H53N9O4/c1-5-36-34(40(47-32-15-21-56-22-16-32)35-27-46-52(6-2)41(35)49-36)26-45-43(54)38-12-8-11-37(48-38)42(53)44-25-29-13-14-39(55-4)33(24-29)31-10-7-9-30(23-31)28-51-19-17-50(3)18-20-51/h7-14,23-24,27,32H,5-6,15-22,25-26,28H2,1-4H3,(H,44,53)(H,45,54)(H,47,49). The molecule has 13 nitrogen and oxygen atoms in total. The lowest BCUT2D eigenvalue weighted by Crippen LogP contribution is -2.43. The Bertz CT molecular complexity index is 2160. The molecule has 3 N–H and O–H groups in total. The number of piperazine rings is 1. The van der Waals surface area contributed by atoms with E-state index in [1.165, 1.54) is 5.56 Å². The van der Waals surface area contributed by atoms with E-state index in [4.69, 9.17) is 14.5 Å². The number of benzene rings is 2. The molecule has 2 saturated heterocycles. The lowest BCUT2D eigenvalue weighted by molar-refractivity contribution is 0.0904. The lowest BCUT2D eigenvalue weighted by atomic mass is 9.99. The van der Waals surface area contributed by atoms with Crippen LogP contribution in [0.3, 0.4) is 0 Å². The fraction of sp³-hybridized carbons (Fsp3) is 0.419. The second-order valence-electron chi connectivity index (χ2n) is 14.6. The Morgan fingerprint density at radius 1 is 0.875 bits per heavy atom. The minimum absolute atomic E-state index is 0.158. The van der Waals surface area contributed by atoms with Crippen LogP contribution in [0.2, 0.25) is 0 Å². The highest BCUT2D eigenvalue weighted by Gasteiger charge is 2.23. The first-order valence-corrected chi connectivity index (χ1v) is 19.8. The van der Waals surface area contributed by atoms with Gasteiger partial charge in [-0.05, 0) is 80.3 Å². The molecule has 294 valence electrons. The van der Waals surface area contributed by atoms with Crippen molar-refractivity contribution in [2.24, 2.45) is 0 Å². The molecule has 0 spiro atoms. The molecule has 0 saturated carbocycles. The van der Waals surface area contributed by atoms with Crippen LogP contribution in [0.5, 0.6) is 5.75 Å². The zero-order valence-electron chi connectivity index (χ0n) is 32.9. The fourth-order valence-corrected chi connectivity index (χ4v) is 7.51. The number of anilines is 1. The van der Waals surface area contributed by atoms with E-state index in [1.54, 1.807) is 25.3 Å². The first-order chi connectivity index (χ1) is 27.3. The van der Waals surface area contributed by atoms with Crippen molar-refractivity contribution in [1.82, 2.24) is 40.2 Å². The van der Waals surface area contributed by atoms with Crippen LogP contribution < -0.4 is 20.7 Å². The van der Waals surface area contributed by atoms with Crippen molar-refractivity contribution in [2.75, 3.05) is 58.9 Å². The normalized spacial score (nSPS) is 15.5. The van der Waals surface area contributed by atoms with Crippen molar-refractivity contribution in [3.05, 3.63) is 101 Å². The molecule has 2 aromatic carbocycles. The predicted molar refractivity (Wildman–Crippen MR) is 218 cm³/mol. The molecule has 2 fully saturated rings. The molecule has 3 aromatic heterocycles. The van der Waals surface area contributed by atoms with Crippen molar-refractivity contribution in [2.45, 2.75) is 65.3 Å². The summed E-state index contributed by atoms with van der Waals surface area (Å²) < 4.78 is 13.2. The van der Waals surface area contributed by atoms with Gasteiger partial charge >= 0.3 is 0 Å². The second kappa shape index (κ2) is 18.1. The van der Waals surface area contributed by atoms with Gasteiger partial charge in [-0.15, -0.1) is 0 Å². The first-order valence-electron chi connectivity index (χ1n) is 19.8. The molecule has 2 aliphatic rings. The van der Waals surface area contributed by atoms with E-state index in [0.717, 1.165) is 96.0 Å². The summed E-state index contributed by atoms with van der Waals surface area (Å²) in [7, 11) is 3.84. The van der Waals surface area contributed by atoms with Crippen LogP contribution in [0.4, 0.5) is 5.69 Å². The Labute approximate surface area is 328 Å². The van der Waals surface area contributed by atoms with Crippen LogP contribution in [-0.4, -0.2) is 101 Å². The minimum atomic E-state index is -0.377. The molecule has 13 heteroatoms. The van der Waals surface area contributed by atoms with Gasteiger partial charge in [-0.25, -0.2) is 14.6 Å². The van der Waals surface area contributed by atoms with Crippen molar-refractivity contribution in [3.8, 4) is 16.9 Å². The van der Waals surface area contributed by atoms with E-state index >= 15 is 0 Å². The molecule has 0 bridgehead atoms. The SMILES string of the molecule is CCc1nc2c(cnn2CC)c(NC2CCOCC2)c1CNC(=O)c1cccc(C(=O)NCc2ccc(OC)c(-c3cccc(CN4CCN(C)CC4)c3)c2)n1. The van der Waals surface area contributed by atoms with Crippen molar-refractivity contribution in [1.29, 1.82) is 0 Å². The molecule has 0 radical (unpaired) electrons. The third-order valence-corrected chi connectivity index (χ3v) is 10.8. The fourth-order valence-electron chi connectivity index (χ4n) is 7.51. The Hall–Kier alpha value is -5.37. The predicted octanol–water partition coefficient (Wildman–Crippen LogP) is 5.28. The summed E-state index contributed by atoms with van der Waals surface area (Å²) in [6, 6.07) is 19.7. The highest BCUT2D eigenvalue weighted by atomic mass is 16.5. The topological polar surface area (TPSA) is 139 Å². The van der Waals surface area contributed by atoms with Gasteiger partial charge in [0.2, 0.25) is 0 Å². The molecule has 56 heavy (non-hydrogen) atoms. The quantitative estimate of drug-likeness (QED) is 0.137. The molecule has 0 atom stereocenters. The number of carbonyl (C=O) groups excluding carboxylic acids is 2. The van der Waals surface area contributed by atoms with Crippen LogP contribution in [-0.2, 0) is 37.3 Å². The smallest absolute Gasteiger partial charge is 0.270 e. The Balaban J connectivity index is 1.02. The highest BCUT2D eigenvalue weighted by Crippen LogP contribution is 2.33. The summed E-state index contributed by atoms with van der Waals surface area (Å²) >= 11 is 0. The number of hydrogen-bond acceptors (Lipinski definition) is 10. The molecular weight excluding hydrogens is 707 g/mol. The summed E-state index contributed by atoms with van der Waals surface area (Å²) in [5, 5.41) is 15.3. The number of ether oxygens (including phenoxy) is 2. The maximum Gasteiger partial charge on any atom is 0.270 e. The summed E-state index contributed by atoms with van der Waals surface area (Å²) in [4.78, 5) is 41.3. The van der Waals surface area contributed by atoms with Gasteiger partial charge in [0.05, 0.1) is 24.4 Å². The van der Waals surface area contributed by atoms with Gasteiger partial charge in [0.1, 0.15) is 17.1 Å². The number of hydrogen-bond donors (Lipinski definition) is 3. The number of nitrogens with zero attached hydrogens (tertiary/aromatic N) is 6. The summed E-state index contributed by atoms with van der Waals surface area (Å²) in [5.41, 5.74) is 8.09. The lowest BCUT2D eigenvalue weighted by Gasteiger charge is -2.32. The van der Waals surface area contributed by atoms with Crippen LogP contribution in [0.25, 0.3) is 22.2 Å². The average molecular weight is 760 g/mol. The number of aryl methyl sites for hydroxylation is 2. The Morgan fingerprint density at radius 2 is 1.61 bits per heavy atom. The molecule has 0 unspecified atom stereocenters. The zero-order chi connectivity index (χ0) is 39.0. The molecule has 7 rings (SSSR count). The summed E-state index contributed by atoms with van der Waals surface area (Å²) in [6.07, 6.45) is 4.32. The van der Waals surface area contributed by atoms with Gasteiger partial charge in [0, 0.05) is 88.4 Å². The molecule has 5 aromatic rings. The van der Waals surface area contributed by atoms with Crippen molar-refractivity contribution < 1.29 is 19.1 Å². The van der Waals surface area contributed by atoms with Crippen LogP contribution in [0, 0.1) is 0 Å². The number of aromatic nitrogens is 4. The number of carbonyl (C=O) groups is 2. The summed E-state index contributed by atoms with van der Waals surface area (Å²) in [6.45, 7) is 11.9. The number of rotatable bonds is 14. The van der Waals surface area contributed by atoms with Gasteiger partial charge in [0.25, 0.3) is 11.8 Å². The molecular formula is C43H53N9O4. The Kier molecular flexibility index (Phi) is 12.5. The van der Waals surface area contributed by atoms with E-state index in [1.807, 2.05) is 29.9 Å². The number of amides is 2. The van der Waals surface area contributed by atoms with E-state index < -0.39 is 0 Å². The number of fused-ring (bicyclic) bond motifs is 1. The number of nitrogens with one attached hydrogen (secondary N) is 3. The van der Waals surface area contributed by atoms with E-state index in [0.29, 0.717) is 26.2 Å². The van der Waals surface area contributed by atoms with Gasteiger partial charge < -0.3 is 30.3 Å². The largest absolute Gasteiger partial charge is 0.496 e. The summed E-state index contributed by atoms with van der Waals surface area (Å²) in [5.74, 6) is 0.0178. The molecule has 5 heterocycles. The zero-order valence-corrected chi connectivity index (χ0v) is 32.9.